The molecule has 3 aromatic rings. The van der Waals surface area contributed by atoms with E-state index in [9.17, 15) is 15.0 Å². The number of methoxy groups -OCH3 is 1. The van der Waals surface area contributed by atoms with Crippen LogP contribution in [0.5, 0.6) is 28.7 Å². The van der Waals surface area contributed by atoms with Gasteiger partial charge in [-0.15, -0.1) is 0 Å². The molecule has 146 valence electrons. The van der Waals surface area contributed by atoms with Gasteiger partial charge in [-0.1, -0.05) is 30.3 Å². The Hall–Kier alpha value is -3.93. The second-order valence-corrected chi connectivity index (χ2v) is 6.43. The molecule has 0 amide bonds. The number of aromatic hydroxyl groups is 2. The number of allylic oxidation sites excluding steroid dienone is 1. The normalized spacial score (nSPS) is 13.8. The second-order valence-electron chi connectivity index (χ2n) is 6.43. The number of Topliss-reactive ketones (excluding diaryl/α,β-unsaturated/α-hetero) is 1. The maximum atomic E-state index is 12.5. The van der Waals surface area contributed by atoms with E-state index < -0.39 is 5.75 Å². The highest BCUT2D eigenvalue weighted by Crippen LogP contribution is 2.44. The van der Waals surface area contributed by atoms with E-state index in [4.69, 9.17) is 14.2 Å². The highest BCUT2D eigenvalue weighted by molar-refractivity contribution is 6.15. The summed E-state index contributed by atoms with van der Waals surface area (Å²) in [6.45, 7) is 0.421. The van der Waals surface area contributed by atoms with Gasteiger partial charge in [0.2, 0.25) is 11.5 Å². The molecule has 6 nitrogen and oxygen atoms in total. The van der Waals surface area contributed by atoms with Crippen molar-refractivity contribution in [1.82, 2.24) is 0 Å². The summed E-state index contributed by atoms with van der Waals surface area (Å²) in [6, 6.07) is 17.7. The molecule has 0 spiro atoms. The van der Waals surface area contributed by atoms with Crippen LogP contribution in [0.2, 0.25) is 0 Å². The summed E-state index contributed by atoms with van der Waals surface area (Å²) >= 11 is 0. The molecular weight excluding hydrogens is 372 g/mol. The Balaban J connectivity index is 1.57. The van der Waals surface area contributed by atoms with Crippen LogP contribution < -0.4 is 14.2 Å². The van der Waals surface area contributed by atoms with Crippen molar-refractivity contribution >= 4 is 11.9 Å². The maximum absolute atomic E-state index is 12.5. The molecule has 4 rings (SSSR count). The Morgan fingerprint density at radius 1 is 1.03 bits per heavy atom. The van der Waals surface area contributed by atoms with Gasteiger partial charge in [0.05, 0.1) is 12.7 Å². The molecule has 0 aromatic heterocycles. The Kier molecular flexibility index (Phi) is 4.83. The number of phenols is 2. The average molecular weight is 390 g/mol. The molecule has 0 unspecified atom stereocenters. The zero-order valence-corrected chi connectivity index (χ0v) is 15.6. The van der Waals surface area contributed by atoms with E-state index in [1.165, 1.54) is 25.3 Å². The van der Waals surface area contributed by atoms with E-state index >= 15 is 0 Å². The number of hydrogen-bond acceptors (Lipinski definition) is 6. The summed E-state index contributed by atoms with van der Waals surface area (Å²) in [5.74, 6) is -0.104. The number of ketones is 1. The highest BCUT2D eigenvalue weighted by Gasteiger charge is 2.31. The van der Waals surface area contributed by atoms with Crippen LogP contribution in [0.3, 0.4) is 0 Å². The topological polar surface area (TPSA) is 85.2 Å². The van der Waals surface area contributed by atoms with Gasteiger partial charge in [-0.2, -0.15) is 0 Å². The summed E-state index contributed by atoms with van der Waals surface area (Å²) in [4.78, 5) is 12.5. The van der Waals surface area contributed by atoms with Crippen molar-refractivity contribution in [2.24, 2.45) is 0 Å². The smallest absolute Gasteiger partial charge is 0.232 e. The number of phenolic OH excluding ortho intramolecular Hbond substituents is 2. The Bertz CT molecular complexity index is 1100. The van der Waals surface area contributed by atoms with Gasteiger partial charge in [0.15, 0.2) is 17.3 Å². The lowest BCUT2D eigenvalue weighted by Gasteiger charge is -2.10. The third-order valence-corrected chi connectivity index (χ3v) is 4.53. The highest BCUT2D eigenvalue weighted by atomic mass is 16.5. The van der Waals surface area contributed by atoms with Crippen molar-refractivity contribution in [3.05, 3.63) is 83.1 Å². The predicted octanol–water partition coefficient (Wildman–Crippen LogP) is 4.30. The molecular formula is C23H18O6. The Morgan fingerprint density at radius 3 is 2.59 bits per heavy atom. The third kappa shape index (κ3) is 3.60. The van der Waals surface area contributed by atoms with Crippen molar-refractivity contribution < 1.29 is 29.2 Å². The predicted molar refractivity (Wildman–Crippen MR) is 106 cm³/mol. The van der Waals surface area contributed by atoms with Crippen molar-refractivity contribution in [2.75, 3.05) is 7.11 Å². The average Bonchev–Trinajstić information content (AvgIpc) is 3.07. The molecule has 0 fully saturated rings. The Labute approximate surface area is 167 Å². The third-order valence-electron chi connectivity index (χ3n) is 4.53. The zero-order chi connectivity index (χ0) is 20.4. The van der Waals surface area contributed by atoms with E-state index in [-0.39, 0.29) is 28.6 Å². The fourth-order valence-electron chi connectivity index (χ4n) is 3.01. The van der Waals surface area contributed by atoms with E-state index in [0.29, 0.717) is 23.7 Å². The molecule has 3 aromatic carbocycles. The standard InChI is InChI=1S/C23H18O6/c1-27-19-12-16(28-13-14-5-3-2-4-6-14)8-7-15(19)11-20-21(25)17-9-10-18(24)22(26)23(17)29-20/h2-12,24,26H,13H2,1H3. The van der Waals surface area contributed by atoms with Gasteiger partial charge < -0.3 is 24.4 Å². The number of carbonyl (C=O) groups is 1. The second kappa shape index (κ2) is 7.59. The minimum atomic E-state index is -0.462. The quantitative estimate of drug-likeness (QED) is 0.499. The van der Waals surface area contributed by atoms with Crippen LogP contribution in [0.4, 0.5) is 0 Å². The van der Waals surface area contributed by atoms with Crippen molar-refractivity contribution in [2.45, 2.75) is 6.61 Å². The van der Waals surface area contributed by atoms with Crippen LogP contribution in [-0.4, -0.2) is 23.1 Å². The molecule has 29 heavy (non-hydrogen) atoms. The van der Waals surface area contributed by atoms with Crippen molar-refractivity contribution in [3.8, 4) is 28.7 Å². The van der Waals surface area contributed by atoms with Gasteiger partial charge >= 0.3 is 0 Å². The first kappa shape index (κ1) is 18.4. The van der Waals surface area contributed by atoms with Gasteiger partial charge in [0.25, 0.3) is 0 Å². The molecule has 1 aliphatic heterocycles. The van der Waals surface area contributed by atoms with Crippen LogP contribution in [0, 0.1) is 0 Å². The van der Waals surface area contributed by atoms with Crippen LogP contribution >= 0.6 is 0 Å². The SMILES string of the molecule is COc1cc(OCc2ccccc2)ccc1C=C1Oc2c(ccc(O)c2O)C1=O. The maximum Gasteiger partial charge on any atom is 0.232 e. The van der Waals surface area contributed by atoms with Crippen LogP contribution in [0.1, 0.15) is 21.5 Å². The number of ether oxygens (including phenoxy) is 3. The van der Waals surface area contributed by atoms with Gasteiger partial charge in [0.1, 0.15) is 18.1 Å². The molecule has 6 heteroatoms. The lowest BCUT2D eigenvalue weighted by Crippen LogP contribution is -1.99. The monoisotopic (exact) mass is 390 g/mol. The van der Waals surface area contributed by atoms with E-state index in [0.717, 1.165) is 5.56 Å². The number of benzene rings is 3. The number of fused-ring (bicyclic) bond motifs is 1. The largest absolute Gasteiger partial charge is 0.504 e. The molecule has 0 saturated carbocycles. The fraction of sp³-hybridized carbons (Fsp3) is 0.0870. The lowest BCUT2D eigenvalue weighted by molar-refractivity contribution is 0.101. The number of rotatable bonds is 5. The molecule has 1 aliphatic rings. The molecule has 0 bridgehead atoms. The Morgan fingerprint density at radius 2 is 1.83 bits per heavy atom. The molecule has 2 N–H and O–H groups in total. The minimum Gasteiger partial charge on any atom is -0.504 e. The number of carbonyl (C=O) groups excluding carboxylic acids is 1. The van der Waals surface area contributed by atoms with E-state index in [1.807, 2.05) is 30.3 Å². The summed E-state index contributed by atoms with van der Waals surface area (Å²) in [5.41, 5.74) is 1.84. The van der Waals surface area contributed by atoms with Crippen LogP contribution in [-0.2, 0) is 6.61 Å². The van der Waals surface area contributed by atoms with Gasteiger partial charge in [-0.25, -0.2) is 0 Å². The van der Waals surface area contributed by atoms with Gasteiger partial charge in [-0.3, -0.25) is 4.79 Å². The summed E-state index contributed by atoms with van der Waals surface area (Å²) < 4.78 is 16.7. The molecule has 0 aliphatic carbocycles. The van der Waals surface area contributed by atoms with E-state index in [1.54, 1.807) is 18.2 Å². The molecule has 0 radical (unpaired) electrons. The molecule has 0 atom stereocenters. The number of hydrogen-bond donors (Lipinski definition) is 2. The summed E-state index contributed by atoms with van der Waals surface area (Å²) in [7, 11) is 1.52. The van der Waals surface area contributed by atoms with Gasteiger partial charge in [0, 0.05) is 11.6 Å². The fourth-order valence-corrected chi connectivity index (χ4v) is 3.01. The first-order chi connectivity index (χ1) is 14.1. The van der Waals surface area contributed by atoms with Crippen molar-refractivity contribution in [1.29, 1.82) is 0 Å². The van der Waals surface area contributed by atoms with E-state index in [2.05, 4.69) is 0 Å². The van der Waals surface area contributed by atoms with Gasteiger partial charge in [-0.05, 0) is 35.9 Å². The first-order valence-electron chi connectivity index (χ1n) is 8.91. The minimum absolute atomic E-state index is 0.0251. The first-order valence-corrected chi connectivity index (χ1v) is 8.91. The molecule has 0 saturated heterocycles. The van der Waals surface area contributed by atoms with Crippen LogP contribution in [0.25, 0.3) is 6.08 Å². The summed E-state index contributed by atoms with van der Waals surface area (Å²) in [6.07, 6.45) is 1.53. The van der Waals surface area contributed by atoms with Crippen molar-refractivity contribution in [3.63, 3.8) is 0 Å². The van der Waals surface area contributed by atoms with Crippen LogP contribution in [0.15, 0.2) is 66.4 Å². The summed E-state index contributed by atoms with van der Waals surface area (Å²) in [5, 5.41) is 19.5. The lowest BCUT2D eigenvalue weighted by atomic mass is 10.1. The molecule has 1 heterocycles. The zero-order valence-electron chi connectivity index (χ0n) is 15.6.